The van der Waals surface area contributed by atoms with Crippen molar-refractivity contribution >= 4 is 34.7 Å². The smallest absolute Gasteiger partial charge is 0.289 e. The van der Waals surface area contributed by atoms with Crippen LogP contribution < -0.4 is 10.2 Å². The predicted octanol–water partition coefficient (Wildman–Crippen LogP) is 2.86. The Balaban J connectivity index is 1.75. The molecule has 1 saturated heterocycles. The third-order valence-corrected chi connectivity index (χ3v) is 3.91. The molecule has 1 unspecified atom stereocenters. The third-order valence-electron chi connectivity index (χ3n) is 3.62. The molecule has 0 saturated carbocycles. The summed E-state index contributed by atoms with van der Waals surface area (Å²) in [6, 6.07) is 10.1. The molecular formula is C15H13ClN4O3. The highest BCUT2D eigenvalue weighted by Gasteiger charge is 2.33. The van der Waals surface area contributed by atoms with Gasteiger partial charge in [-0.3, -0.25) is 14.9 Å². The van der Waals surface area contributed by atoms with Crippen LogP contribution in [0.25, 0.3) is 0 Å². The number of nitrogens with zero attached hydrogens (tertiary/aromatic N) is 3. The van der Waals surface area contributed by atoms with E-state index in [-0.39, 0.29) is 22.4 Å². The molecule has 0 radical (unpaired) electrons. The molecule has 2 aromatic rings. The van der Waals surface area contributed by atoms with Crippen LogP contribution in [0.5, 0.6) is 0 Å². The summed E-state index contributed by atoms with van der Waals surface area (Å²) in [6.07, 6.45) is 1.71. The fourth-order valence-electron chi connectivity index (χ4n) is 2.48. The Bertz CT molecular complexity index is 754. The van der Waals surface area contributed by atoms with Crippen molar-refractivity contribution in [2.75, 3.05) is 16.8 Å². The first kappa shape index (κ1) is 15.2. The van der Waals surface area contributed by atoms with Crippen LogP contribution in [0.3, 0.4) is 0 Å². The molecule has 1 aromatic heterocycles. The van der Waals surface area contributed by atoms with E-state index >= 15 is 0 Å². The number of hydrogen-bond donors (Lipinski definition) is 1. The zero-order chi connectivity index (χ0) is 16.4. The third kappa shape index (κ3) is 3.09. The Kier molecular flexibility index (Phi) is 4.12. The molecule has 1 atom stereocenters. The number of benzene rings is 1. The highest BCUT2D eigenvalue weighted by atomic mass is 35.5. The van der Waals surface area contributed by atoms with Gasteiger partial charge < -0.3 is 10.2 Å². The van der Waals surface area contributed by atoms with E-state index in [1.165, 1.54) is 6.07 Å². The Morgan fingerprint density at radius 3 is 2.74 bits per heavy atom. The number of pyridine rings is 1. The molecule has 0 bridgehead atoms. The number of anilines is 2. The lowest BCUT2D eigenvalue weighted by Gasteiger charge is -2.17. The van der Waals surface area contributed by atoms with Gasteiger partial charge in [-0.25, -0.2) is 4.98 Å². The van der Waals surface area contributed by atoms with Gasteiger partial charge in [-0.2, -0.15) is 0 Å². The highest BCUT2D eigenvalue weighted by Crippen LogP contribution is 2.27. The molecule has 1 aliphatic heterocycles. The summed E-state index contributed by atoms with van der Waals surface area (Å²) >= 11 is 6.00. The summed E-state index contributed by atoms with van der Waals surface area (Å²) in [7, 11) is 0. The van der Waals surface area contributed by atoms with Gasteiger partial charge in [0.2, 0.25) is 5.91 Å². The second-order valence-corrected chi connectivity index (χ2v) is 5.50. The SMILES string of the molecule is O=C1C(Nc2ncc([N+](=O)[O-])cc2Cl)CCN1c1ccccc1. The maximum atomic E-state index is 12.5. The largest absolute Gasteiger partial charge is 0.357 e. The van der Waals surface area contributed by atoms with Crippen molar-refractivity contribution in [3.63, 3.8) is 0 Å². The number of aromatic nitrogens is 1. The summed E-state index contributed by atoms with van der Waals surface area (Å²) in [5.41, 5.74) is 0.647. The normalized spacial score (nSPS) is 17.3. The molecule has 7 nitrogen and oxygen atoms in total. The highest BCUT2D eigenvalue weighted by molar-refractivity contribution is 6.33. The van der Waals surface area contributed by atoms with Gasteiger partial charge in [0, 0.05) is 18.3 Å². The van der Waals surface area contributed by atoms with E-state index in [4.69, 9.17) is 11.6 Å². The molecule has 1 aliphatic rings. The summed E-state index contributed by atoms with van der Waals surface area (Å²) in [6.45, 7) is 0.588. The second-order valence-electron chi connectivity index (χ2n) is 5.09. The van der Waals surface area contributed by atoms with Crippen LogP contribution >= 0.6 is 11.6 Å². The van der Waals surface area contributed by atoms with Gasteiger partial charge in [0.05, 0.1) is 9.95 Å². The molecular weight excluding hydrogens is 320 g/mol. The van der Waals surface area contributed by atoms with Crippen LogP contribution in [0.1, 0.15) is 6.42 Å². The molecule has 3 rings (SSSR count). The van der Waals surface area contributed by atoms with Gasteiger partial charge in [0.25, 0.3) is 5.69 Å². The minimum Gasteiger partial charge on any atom is -0.357 e. The van der Waals surface area contributed by atoms with Gasteiger partial charge in [-0.05, 0) is 18.6 Å². The van der Waals surface area contributed by atoms with E-state index in [0.29, 0.717) is 13.0 Å². The Hall–Kier alpha value is -2.67. The summed E-state index contributed by atoms with van der Waals surface area (Å²) in [5.74, 6) is 0.193. The molecule has 1 aromatic carbocycles. The number of amides is 1. The van der Waals surface area contributed by atoms with Crippen molar-refractivity contribution in [3.8, 4) is 0 Å². The standard InChI is InChI=1S/C15H13ClN4O3/c16-12-8-11(20(22)23)9-17-14(12)18-13-6-7-19(15(13)21)10-4-2-1-3-5-10/h1-5,8-9,13H,6-7H2,(H,17,18). The molecule has 1 amide bonds. The maximum Gasteiger partial charge on any atom is 0.289 e. The first-order valence-corrected chi connectivity index (χ1v) is 7.37. The van der Waals surface area contributed by atoms with Crippen molar-refractivity contribution < 1.29 is 9.72 Å². The second kappa shape index (κ2) is 6.21. The van der Waals surface area contributed by atoms with E-state index in [1.54, 1.807) is 4.90 Å². The molecule has 1 N–H and O–H groups in total. The van der Waals surface area contributed by atoms with Crippen molar-refractivity contribution in [2.45, 2.75) is 12.5 Å². The lowest BCUT2D eigenvalue weighted by Crippen LogP contribution is -2.33. The molecule has 0 aliphatic carbocycles. The van der Waals surface area contributed by atoms with Gasteiger partial charge >= 0.3 is 0 Å². The van der Waals surface area contributed by atoms with Crippen LogP contribution in [0.4, 0.5) is 17.2 Å². The number of rotatable bonds is 4. The lowest BCUT2D eigenvalue weighted by molar-refractivity contribution is -0.385. The molecule has 1 fully saturated rings. The first-order valence-electron chi connectivity index (χ1n) is 6.99. The van der Waals surface area contributed by atoms with Gasteiger partial charge in [-0.15, -0.1) is 0 Å². The van der Waals surface area contributed by atoms with Crippen LogP contribution in [-0.2, 0) is 4.79 Å². The predicted molar refractivity (Wildman–Crippen MR) is 86.7 cm³/mol. The minimum absolute atomic E-state index is 0.0765. The average Bonchev–Trinajstić information content (AvgIpc) is 2.91. The van der Waals surface area contributed by atoms with Crippen LogP contribution in [0.15, 0.2) is 42.6 Å². The number of carbonyl (C=O) groups is 1. The van der Waals surface area contributed by atoms with E-state index in [1.807, 2.05) is 30.3 Å². The van der Waals surface area contributed by atoms with Gasteiger partial charge in [0.1, 0.15) is 18.1 Å². The Morgan fingerprint density at radius 2 is 2.09 bits per heavy atom. The van der Waals surface area contributed by atoms with Gasteiger partial charge in [0.15, 0.2) is 0 Å². The van der Waals surface area contributed by atoms with E-state index in [9.17, 15) is 14.9 Å². The zero-order valence-corrected chi connectivity index (χ0v) is 12.7. The number of hydrogen-bond acceptors (Lipinski definition) is 5. The molecule has 2 heterocycles. The Morgan fingerprint density at radius 1 is 1.35 bits per heavy atom. The summed E-state index contributed by atoms with van der Waals surface area (Å²) in [4.78, 5) is 28.2. The van der Waals surface area contributed by atoms with Gasteiger partial charge in [-0.1, -0.05) is 29.8 Å². The number of nitrogens with one attached hydrogen (secondary N) is 1. The average molecular weight is 333 g/mol. The fourth-order valence-corrected chi connectivity index (χ4v) is 2.69. The number of nitro groups is 1. The summed E-state index contributed by atoms with van der Waals surface area (Å²) < 4.78 is 0. The van der Waals surface area contributed by atoms with Crippen molar-refractivity contribution in [2.24, 2.45) is 0 Å². The minimum atomic E-state index is -0.569. The number of halogens is 1. The quantitative estimate of drug-likeness (QED) is 0.687. The fraction of sp³-hybridized carbons (Fsp3) is 0.200. The van der Waals surface area contributed by atoms with Crippen LogP contribution in [0, 0.1) is 10.1 Å². The maximum absolute atomic E-state index is 12.5. The van der Waals surface area contributed by atoms with Crippen LogP contribution in [-0.4, -0.2) is 28.4 Å². The summed E-state index contributed by atoms with van der Waals surface area (Å²) in [5, 5.41) is 13.8. The van der Waals surface area contributed by atoms with Crippen molar-refractivity contribution in [1.29, 1.82) is 0 Å². The lowest BCUT2D eigenvalue weighted by atomic mass is 10.2. The van der Waals surface area contributed by atoms with E-state index in [2.05, 4.69) is 10.3 Å². The Labute approximate surface area is 137 Å². The first-order chi connectivity index (χ1) is 11.1. The van der Waals surface area contributed by atoms with E-state index in [0.717, 1.165) is 11.9 Å². The van der Waals surface area contributed by atoms with E-state index < -0.39 is 11.0 Å². The van der Waals surface area contributed by atoms with Crippen molar-refractivity contribution in [1.82, 2.24) is 4.98 Å². The number of para-hydroxylation sites is 1. The molecule has 0 spiro atoms. The molecule has 23 heavy (non-hydrogen) atoms. The number of carbonyl (C=O) groups excluding carboxylic acids is 1. The molecule has 8 heteroatoms. The zero-order valence-electron chi connectivity index (χ0n) is 12.0. The molecule has 118 valence electrons. The van der Waals surface area contributed by atoms with Crippen molar-refractivity contribution in [3.05, 3.63) is 57.7 Å². The van der Waals surface area contributed by atoms with Crippen LogP contribution in [0.2, 0.25) is 5.02 Å². The topological polar surface area (TPSA) is 88.4 Å². The monoisotopic (exact) mass is 332 g/mol.